The van der Waals surface area contributed by atoms with Crippen LogP contribution in [0.1, 0.15) is 103 Å². The number of benzene rings is 3. The predicted molar refractivity (Wildman–Crippen MR) is 267 cm³/mol. The van der Waals surface area contributed by atoms with Crippen LogP contribution in [0, 0.1) is 33.1 Å². The number of thiophene rings is 1. The number of methoxy groups -OCH3 is 1. The summed E-state index contributed by atoms with van der Waals surface area (Å²) in [6.07, 6.45) is -6.02. The molecule has 3 aromatic heterocycles. The topological polar surface area (TPSA) is 190 Å². The van der Waals surface area contributed by atoms with Gasteiger partial charge in [0.2, 0.25) is 11.8 Å². The van der Waals surface area contributed by atoms with Crippen molar-refractivity contribution in [1.82, 2.24) is 35.3 Å². The number of carbonyl (C=O) groups excluding carboxylic acids is 4. The molecule has 3 aromatic carbocycles. The fourth-order valence-corrected chi connectivity index (χ4v) is 11.0. The number of nitrogens with one attached hydrogen (secondary N) is 2. The van der Waals surface area contributed by atoms with Crippen LogP contribution in [0.25, 0.3) is 26.6 Å². The number of fused-ring (bicyclic) bond motifs is 3. The molecule has 3 N–H and O–H groups in total. The minimum absolute atomic E-state index is 0.0308. The third-order valence-electron chi connectivity index (χ3n) is 13.0. The minimum Gasteiger partial charge on any atom is -0.483 e. The summed E-state index contributed by atoms with van der Waals surface area (Å²) in [5, 5.41) is 25.8. The molecule has 1 fully saturated rings. The lowest BCUT2D eigenvalue weighted by Gasteiger charge is -2.35. The fraction of sp³-hybridized carbons (Fsp3) is 0.385. The van der Waals surface area contributed by atoms with Crippen LogP contribution < -0.4 is 15.4 Å². The van der Waals surface area contributed by atoms with Gasteiger partial charge in [-0.3, -0.25) is 28.7 Å². The van der Waals surface area contributed by atoms with E-state index in [1.165, 1.54) is 29.4 Å². The molecule has 0 spiro atoms. The largest absolute Gasteiger partial charge is 0.483 e. The number of amides is 3. The summed E-state index contributed by atoms with van der Waals surface area (Å²) >= 11 is 3.07. The number of aliphatic hydroxyl groups excluding tert-OH is 1. The molecule has 0 bridgehead atoms. The van der Waals surface area contributed by atoms with E-state index in [4.69, 9.17) is 14.5 Å². The maximum Gasteiger partial charge on any atom is 0.419 e. The van der Waals surface area contributed by atoms with Gasteiger partial charge in [0, 0.05) is 29.0 Å². The number of nitrogens with zero attached hydrogens (tertiary/aromatic N) is 6. The molecule has 15 nitrogen and oxygen atoms in total. The number of hydrogen-bond acceptors (Lipinski definition) is 13. The third kappa shape index (κ3) is 10.6. The highest BCUT2D eigenvalue weighted by Gasteiger charge is 2.45. The monoisotopic (exact) mass is 1020 g/mol. The van der Waals surface area contributed by atoms with Crippen molar-refractivity contribution in [3.05, 3.63) is 122 Å². The van der Waals surface area contributed by atoms with Crippen LogP contribution in [-0.2, 0) is 30.1 Å². The number of aliphatic hydroxyl groups is 1. The number of alkyl halides is 3. The summed E-state index contributed by atoms with van der Waals surface area (Å²) in [6.45, 7) is 13.6. The Morgan fingerprint density at radius 3 is 2.21 bits per heavy atom. The average molecular weight is 1030 g/mol. The Kier molecular flexibility index (Phi) is 14.6. The highest BCUT2D eigenvalue weighted by atomic mass is 32.1. The van der Waals surface area contributed by atoms with Crippen LogP contribution in [0.2, 0.25) is 0 Å². The SMILES string of the molecule is COC(=O)C[C@@H]1N=C(c2ccc(-c3ccc(OCC(=O)NC(C(=O)N4C[C@H](O)C[C@H]4C(=O)N[C@@H](C)c4ccc(-c5scnc5C)cc4)C(C)(C)C)c(C(F)(F)F)c3)cc2)c2c(sc(C)c2C)-n2c(C)nnc21. The van der Waals surface area contributed by atoms with Crippen molar-refractivity contribution in [3.63, 3.8) is 0 Å². The normalized spacial score (nSPS) is 17.5. The number of aliphatic imine (C=N–C) groups is 1. The number of carbonyl (C=O) groups is 4. The molecule has 0 aliphatic carbocycles. The maximum absolute atomic E-state index is 14.8. The quantitative estimate of drug-likeness (QED) is 0.0945. The Hall–Kier alpha value is -6.77. The molecule has 1 unspecified atom stereocenters. The van der Waals surface area contributed by atoms with Crippen LogP contribution in [0.4, 0.5) is 13.2 Å². The van der Waals surface area contributed by atoms with E-state index in [-0.39, 0.29) is 24.9 Å². The molecule has 8 rings (SSSR count). The number of halogens is 3. The van der Waals surface area contributed by atoms with Crippen LogP contribution in [0.15, 0.2) is 77.2 Å². The first-order valence-electron chi connectivity index (χ1n) is 23.2. The molecule has 378 valence electrons. The number of hydrogen-bond donors (Lipinski definition) is 3. The number of rotatable bonds is 13. The minimum atomic E-state index is -4.88. The summed E-state index contributed by atoms with van der Waals surface area (Å²) in [7, 11) is 1.30. The molecule has 0 radical (unpaired) electrons. The number of ether oxygens (including phenoxy) is 2. The van der Waals surface area contributed by atoms with Crippen molar-refractivity contribution in [2.45, 2.75) is 105 Å². The summed E-state index contributed by atoms with van der Waals surface area (Å²) in [6, 6.07) is 14.7. The summed E-state index contributed by atoms with van der Waals surface area (Å²) in [5.41, 5.74) is 6.19. The fourth-order valence-electron chi connectivity index (χ4n) is 9.00. The Morgan fingerprint density at radius 2 is 1.57 bits per heavy atom. The van der Waals surface area contributed by atoms with Crippen molar-refractivity contribution in [2.75, 3.05) is 20.3 Å². The van der Waals surface area contributed by atoms with Crippen LogP contribution in [0.5, 0.6) is 5.75 Å². The number of β-amino-alcohol motifs (C(OH)–C–C–N with tert-alkyl or cyclic N) is 1. The van der Waals surface area contributed by atoms with Crippen LogP contribution in [0.3, 0.4) is 0 Å². The number of aryl methyl sites for hydroxylation is 3. The van der Waals surface area contributed by atoms with Gasteiger partial charge in [0.1, 0.15) is 34.7 Å². The second kappa shape index (κ2) is 20.4. The average Bonchev–Trinajstić information content (AvgIpc) is 4.11. The van der Waals surface area contributed by atoms with E-state index >= 15 is 0 Å². The number of likely N-dealkylation sites (tertiary alicyclic amines) is 1. The number of thiazole rings is 1. The van der Waals surface area contributed by atoms with E-state index in [1.54, 1.807) is 61.9 Å². The van der Waals surface area contributed by atoms with E-state index in [1.807, 2.05) is 63.5 Å². The van der Waals surface area contributed by atoms with E-state index in [2.05, 4.69) is 25.8 Å². The molecule has 6 aromatic rings. The molecule has 3 amide bonds. The first-order chi connectivity index (χ1) is 34.0. The van der Waals surface area contributed by atoms with Gasteiger partial charge in [-0.05, 0) is 80.0 Å². The van der Waals surface area contributed by atoms with Crippen LogP contribution >= 0.6 is 22.7 Å². The van der Waals surface area contributed by atoms with Crippen molar-refractivity contribution in [1.29, 1.82) is 0 Å². The molecule has 0 saturated carbocycles. The smallest absolute Gasteiger partial charge is 0.419 e. The van der Waals surface area contributed by atoms with E-state index in [9.17, 15) is 37.5 Å². The third-order valence-corrected chi connectivity index (χ3v) is 15.2. The van der Waals surface area contributed by atoms with E-state index in [0.717, 1.165) is 54.8 Å². The lowest BCUT2D eigenvalue weighted by molar-refractivity contribution is -0.144. The lowest BCUT2D eigenvalue weighted by Crippen LogP contribution is -2.58. The molecule has 5 atom stereocenters. The van der Waals surface area contributed by atoms with Gasteiger partial charge in [0.25, 0.3) is 5.91 Å². The van der Waals surface area contributed by atoms with Gasteiger partial charge in [-0.1, -0.05) is 75.4 Å². The summed E-state index contributed by atoms with van der Waals surface area (Å²) in [4.78, 5) is 66.8. The van der Waals surface area contributed by atoms with Gasteiger partial charge in [-0.15, -0.1) is 32.9 Å². The van der Waals surface area contributed by atoms with Gasteiger partial charge >= 0.3 is 12.1 Å². The zero-order valence-corrected chi connectivity index (χ0v) is 42.8. The molecule has 2 aliphatic heterocycles. The molecule has 1 saturated heterocycles. The van der Waals surface area contributed by atoms with E-state index < -0.39 is 83.5 Å². The molecule has 20 heteroatoms. The van der Waals surface area contributed by atoms with Gasteiger partial charge in [-0.2, -0.15) is 13.2 Å². The van der Waals surface area contributed by atoms with Gasteiger partial charge in [-0.25, -0.2) is 4.98 Å². The summed E-state index contributed by atoms with van der Waals surface area (Å²) in [5.74, 6) is -1.96. The van der Waals surface area contributed by atoms with E-state index in [0.29, 0.717) is 28.5 Å². The van der Waals surface area contributed by atoms with Gasteiger partial charge in [0.05, 0.1) is 53.0 Å². The van der Waals surface area contributed by atoms with Crippen molar-refractivity contribution in [3.8, 4) is 32.3 Å². The van der Waals surface area contributed by atoms with Gasteiger partial charge in [0.15, 0.2) is 12.4 Å². The summed E-state index contributed by atoms with van der Waals surface area (Å²) < 4.78 is 56.7. The van der Waals surface area contributed by atoms with Crippen LogP contribution in [-0.4, -0.2) is 97.6 Å². The molecule has 5 heterocycles. The Bertz CT molecular complexity index is 3070. The second-order valence-electron chi connectivity index (χ2n) is 19.1. The molecular weight excluding hydrogens is 970 g/mol. The first-order valence-corrected chi connectivity index (χ1v) is 24.9. The highest BCUT2D eigenvalue weighted by Crippen LogP contribution is 2.42. The standard InChI is InChI=1S/C52H55F3N8O7S2/c1-26-29(4)72-50-43(26)44(58-38(22-42(66)69-9)47-61-60-30(5)63(47)50)33-14-12-32(13-15-33)35-18-19-40(37(20-35)52(53,54)55)70-24-41(65)59-46(51(6,7)8)49(68)62-23-36(64)21-39(62)48(67)57-27(2)31-10-16-34(17-11-31)45-28(3)56-25-71-45/h10-20,25,27,36,38-39,46,64H,21-24H2,1-9H3,(H,57,67)(H,59,65)/t27-,36+,38-,39-,46?/m0/s1. The zero-order valence-electron chi connectivity index (χ0n) is 41.2. The number of aromatic nitrogens is 4. The van der Waals surface area contributed by atoms with Crippen molar-refractivity contribution >= 4 is 52.1 Å². The highest BCUT2D eigenvalue weighted by molar-refractivity contribution is 7.15. The number of esters is 1. The molecule has 2 aliphatic rings. The zero-order chi connectivity index (χ0) is 52.0. The second-order valence-corrected chi connectivity index (χ2v) is 21.2. The Balaban J connectivity index is 0.963. The Morgan fingerprint density at radius 1 is 0.903 bits per heavy atom. The molecular formula is C52H55F3N8O7S2. The Labute approximate surface area is 422 Å². The van der Waals surface area contributed by atoms with Crippen molar-refractivity contribution < 1.29 is 46.9 Å². The first kappa shape index (κ1) is 51.6. The maximum atomic E-state index is 14.8. The predicted octanol–water partition coefficient (Wildman–Crippen LogP) is 8.58. The molecule has 72 heavy (non-hydrogen) atoms. The van der Waals surface area contributed by atoms with Gasteiger partial charge < -0.3 is 30.1 Å². The van der Waals surface area contributed by atoms with Crippen molar-refractivity contribution in [2.24, 2.45) is 10.4 Å². The lowest BCUT2D eigenvalue weighted by atomic mass is 9.85.